The second-order valence-electron chi connectivity index (χ2n) is 8.74. The SMILES string of the molecule is COc1cc(NC(=O)C(C)(C)C)c(C(=O)NC2CC3CCC(C2)N3)cc1OC. The van der Waals surface area contributed by atoms with E-state index in [0.29, 0.717) is 34.8 Å². The normalized spacial score (nSPS) is 23.8. The molecule has 1 aromatic rings. The van der Waals surface area contributed by atoms with Crippen LogP contribution in [0.5, 0.6) is 11.5 Å². The number of anilines is 1. The standard InChI is InChI=1S/C21H31N3O4/c1-21(2,3)20(26)24-16-11-18(28-5)17(27-4)10-15(16)19(25)23-14-8-12-6-7-13(9-14)22-12/h10-14,22H,6-9H2,1-5H3,(H,23,25)(H,24,26). The van der Waals surface area contributed by atoms with Gasteiger partial charge < -0.3 is 25.4 Å². The molecule has 1 aromatic carbocycles. The first-order valence-electron chi connectivity index (χ1n) is 9.85. The second-order valence-corrected chi connectivity index (χ2v) is 8.74. The highest BCUT2D eigenvalue weighted by Crippen LogP contribution is 2.35. The molecular formula is C21H31N3O4. The maximum Gasteiger partial charge on any atom is 0.253 e. The molecule has 7 nitrogen and oxygen atoms in total. The number of ether oxygens (including phenoxy) is 2. The largest absolute Gasteiger partial charge is 0.493 e. The number of piperidine rings is 1. The van der Waals surface area contributed by atoms with Crippen molar-refractivity contribution in [2.45, 2.75) is 64.6 Å². The third-order valence-corrected chi connectivity index (χ3v) is 5.51. The molecule has 2 bridgehead atoms. The van der Waals surface area contributed by atoms with Crippen LogP contribution in [-0.4, -0.2) is 44.2 Å². The van der Waals surface area contributed by atoms with Crippen molar-refractivity contribution in [1.29, 1.82) is 0 Å². The Labute approximate surface area is 166 Å². The molecule has 28 heavy (non-hydrogen) atoms. The fourth-order valence-electron chi connectivity index (χ4n) is 3.92. The lowest BCUT2D eigenvalue weighted by atomic mass is 9.95. The van der Waals surface area contributed by atoms with Crippen LogP contribution >= 0.6 is 0 Å². The monoisotopic (exact) mass is 389 g/mol. The summed E-state index contributed by atoms with van der Waals surface area (Å²) < 4.78 is 10.7. The van der Waals surface area contributed by atoms with E-state index in [2.05, 4.69) is 16.0 Å². The third-order valence-electron chi connectivity index (χ3n) is 5.51. The molecule has 0 saturated carbocycles. The molecule has 2 saturated heterocycles. The van der Waals surface area contributed by atoms with Crippen molar-refractivity contribution < 1.29 is 19.1 Å². The van der Waals surface area contributed by atoms with Crippen LogP contribution in [0.4, 0.5) is 5.69 Å². The Morgan fingerprint density at radius 1 is 1.04 bits per heavy atom. The Hall–Kier alpha value is -2.28. The molecule has 0 aromatic heterocycles. The summed E-state index contributed by atoms with van der Waals surface area (Å²) in [5.74, 6) is 0.528. The lowest BCUT2D eigenvalue weighted by Gasteiger charge is -2.30. The van der Waals surface area contributed by atoms with Crippen LogP contribution in [0.1, 0.15) is 56.8 Å². The molecule has 3 rings (SSSR count). The van der Waals surface area contributed by atoms with Gasteiger partial charge in [-0.25, -0.2) is 0 Å². The number of benzene rings is 1. The topological polar surface area (TPSA) is 88.7 Å². The van der Waals surface area contributed by atoms with Gasteiger partial charge in [0.1, 0.15) is 0 Å². The first-order valence-corrected chi connectivity index (χ1v) is 9.85. The van der Waals surface area contributed by atoms with E-state index in [9.17, 15) is 9.59 Å². The summed E-state index contributed by atoms with van der Waals surface area (Å²) in [6, 6.07) is 4.36. The highest BCUT2D eigenvalue weighted by atomic mass is 16.5. The number of hydrogen-bond acceptors (Lipinski definition) is 5. The number of carbonyl (C=O) groups is 2. The first kappa shape index (κ1) is 20.5. The molecule has 2 atom stereocenters. The quantitative estimate of drug-likeness (QED) is 0.721. The van der Waals surface area contributed by atoms with E-state index in [1.54, 1.807) is 12.1 Å². The molecule has 3 N–H and O–H groups in total. The Kier molecular flexibility index (Phi) is 5.84. The Morgan fingerprint density at radius 2 is 1.61 bits per heavy atom. The zero-order valence-corrected chi connectivity index (χ0v) is 17.3. The predicted molar refractivity (Wildman–Crippen MR) is 108 cm³/mol. The molecule has 154 valence electrons. The molecular weight excluding hydrogens is 358 g/mol. The zero-order chi connectivity index (χ0) is 20.5. The number of carbonyl (C=O) groups excluding carboxylic acids is 2. The van der Waals surface area contributed by atoms with Crippen LogP contribution in [0.2, 0.25) is 0 Å². The van der Waals surface area contributed by atoms with Gasteiger partial charge in [0.25, 0.3) is 5.91 Å². The molecule has 2 amide bonds. The van der Waals surface area contributed by atoms with Crippen LogP contribution in [-0.2, 0) is 4.79 Å². The van der Waals surface area contributed by atoms with Crippen LogP contribution in [0.15, 0.2) is 12.1 Å². The van der Waals surface area contributed by atoms with Crippen molar-refractivity contribution in [3.63, 3.8) is 0 Å². The van der Waals surface area contributed by atoms with E-state index in [1.165, 1.54) is 27.1 Å². The van der Waals surface area contributed by atoms with Crippen molar-refractivity contribution >= 4 is 17.5 Å². The van der Waals surface area contributed by atoms with Crippen LogP contribution in [0, 0.1) is 5.41 Å². The summed E-state index contributed by atoms with van der Waals surface area (Å²) in [5.41, 5.74) is 0.211. The van der Waals surface area contributed by atoms with Crippen molar-refractivity contribution in [3.8, 4) is 11.5 Å². The van der Waals surface area contributed by atoms with Crippen molar-refractivity contribution in [2.24, 2.45) is 5.41 Å². The lowest BCUT2D eigenvalue weighted by Crippen LogP contribution is -2.48. The number of hydrogen-bond donors (Lipinski definition) is 3. The first-order chi connectivity index (χ1) is 13.2. The van der Waals surface area contributed by atoms with E-state index in [4.69, 9.17) is 9.47 Å². The summed E-state index contributed by atoms with van der Waals surface area (Å²) in [7, 11) is 3.05. The summed E-state index contributed by atoms with van der Waals surface area (Å²) >= 11 is 0. The second kappa shape index (κ2) is 7.99. The number of amides is 2. The molecule has 0 spiro atoms. The van der Waals surface area contributed by atoms with E-state index >= 15 is 0 Å². The minimum absolute atomic E-state index is 0.130. The van der Waals surface area contributed by atoms with Crippen LogP contribution in [0.3, 0.4) is 0 Å². The van der Waals surface area contributed by atoms with Gasteiger partial charge in [0.05, 0.1) is 25.5 Å². The van der Waals surface area contributed by atoms with E-state index in [-0.39, 0.29) is 17.9 Å². The number of fused-ring (bicyclic) bond motifs is 2. The number of rotatable bonds is 5. The summed E-state index contributed by atoms with van der Waals surface area (Å²) in [6.45, 7) is 5.48. The summed E-state index contributed by atoms with van der Waals surface area (Å²) in [4.78, 5) is 25.6. The van der Waals surface area contributed by atoms with Crippen LogP contribution in [0.25, 0.3) is 0 Å². The Bertz CT molecular complexity index is 745. The molecule has 0 radical (unpaired) electrons. The van der Waals surface area contributed by atoms with Crippen molar-refractivity contribution in [1.82, 2.24) is 10.6 Å². The van der Waals surface area contributed by atoms with Gasteiger partial charge in [0.15, 0.2) is 11.5 Å². The van der Waals surface area contributed by atoms with Gasteiger partial charge in [0, 0.05) is 29.6 Å². The van der Waals surface area contributed by atoms with Gasteiger partial charge >= 0.3 is 0 Å². The Balaban J connectivity index is 1.86. The van der Waals surface area contributed by atoms with Gasteiger partial charge in [-0.15, -0.1) is 0 Å². The van der Waals surface area contributed by atoms with Gasteiger partial charge in [-0.05, 0) is 31.7 Å². The number of nitrogens with one attached hydrogen (secondary N) is 3. The Morgan fingerprint density at radius 3 is 2.14 bits per heavy atom. The fourth-order valence-corrected chi connectivity index (χ4v) is 3.92. The van der Waals surface area contributed by atoms with Crippen molar-refractivity contribution in [2.75, 3.05) is 19.5 Å². The summed E-state index contributed by atoms with van der Waals surface area (Å²) in [6.07, 6.45) is 4.19. The predicted octanol–water partition coefficient (Wildman–Crippen LogP) is 2.70. The molecule has 0 aliphatic carbocycles. The van der Waals surface area contributed by atoms with E-state index in [0.717, 1.165) is 12.8 Å². The maximum absolute atomic E-state index is 13.1. The molecule has 2 aliphatic heterocycles. The van der Waals surface area contributed by atoms with Gasteiger partial charge in [-0.2, -0.15) is 0 Å². The molecule has 7 heteroatoms. The number of methoxy groups -OCH3 is 2. The fraction of sp³-hybridized carbons (Fsp3) is 0.619. The average molecular weight is 389 g/mol. The van der Waals surface area contributed by atoms with Gasteiger partial charge in [-0.1, -0.05) is 20.8 Å². The van der Waals surface area contributed by atoms with E-state index in [1.807, 2.05) is 20.8 Å². The summed E-state index contributed by atoms with van der Waals surface area (Å²) in [5, 5.41) is 9.60. The minimum Gasteiger partial charge on any atom is -0.493 e. The molecule has 2 unspecified atom stereocenters. The molecule has 2 aliphatic rings. The van der Waals surface area contributed by atoms with E-state index < -0.39 is 5.41 Å². The van der Waals surface area contributed by atoms with Gasteiger partial charge in [0.2, 0.25) is 5.91 Å². The molecule has 2 heterocycles. The average Bonchev–Trinajstić information content (AvgIpc) is 2.98. The van der Waals surface area contributed by atoms with Crippen molar-refractivity contribution in [3.05, 3.63) is 17.7 Å². The van der Waals surface area contributed by atoms with Gasteiger partial charge in [-0.3, -0.25) is 9.59 Å². The maximum atomic E-state index is 13.1. The zero-order valence-electron chi connectivity index (χ0n) is 17.3. The third kappa shape index (κ3) is 4.41. The smallest absolute Gasteiger partial charge is 0.253 e. The molecule has 2 fully saturated rings. The van der Waals surface area contributed by atoms with Crippen LogP contribution < -0.4 is 25.4 Å². The minimum atomic E-state index is -0.588. The lowest BCUT2D eigenvalue weighted by molar-refractivity contribution is -0.123. The highest BCUT2D eigenvalue weighted by molar-refractivity contribution is 6.05. The highest BCUT2D eigenvalue weighted by Gasteiger charge is 2.34.